The summed E-state index contributed by atoms with van der Waals surface area (Å²) in [6.07, 6.45) is 80.6. The smallest absolute Gasteiger partial charge is 0.268 e. The standard InChI is InChI=1S/C67H123N2O6P/c1-6-8-10-12-14-16-18-20-22-24-26-27-28-29-30-31-32-33-34-35-36-37-38-39-40-41-43-45-47-49-51-53-55-57-59-61-67(71)68-65(64-75-76(72,73)74-63-62-69(3,4)5)66(70)60-58-56-54-52-50-48-46-44-42-25-23-21-19-17-15-13-11-9-7-2/h8,10,14,16,20,22,26-27,29-30,32-33,35-36,65-66,70H,6-7,9,11-13,15,17-19,21,23-25,28,31,34,37-64H2,1-5H3,(H-,68,71,72,73)/b10-8-,16-14-,22-20-,27-26-,30-29-,33-32-,36-35-. The van der Waals surface area contributed by atoms with Crippen LogP contribution in [0.3, 0.4) is 0 Å². The molecule has 0 fully saturated rings. The number of aliphatic hydroxyl groups is 1. The van der Waals surface area contributed by atoms with Crippen molar-refractivity contribution in [2.45, 2.75) is 296 Å². The Morgan fingerprint density at radius 3 is 1.17 bits per heavy atom. The van der Waals surface area contributed by atoms with Crippen molar-refractivity contribution >= 4 is 13.7 Å². The van der Waals surface area contributed by atoms with Crippen molar-refractivity contribution < 1.29 is 32.9 Å². The number of carbonyl (C=O) groups excluding carboxylic acids is 1. The Kier molecular flexibility index (Phi) is 55.6. The molecule has 2 N–H and O–H groups in total. The summed E-state index contributed by atoms with van der Waals surface area (Å²) in [5, 5.41) is 14.1. The molecule has 0 rings (SSSR count). The van der Waals surface area contributed by atoms with E-state index < -0.39 is 20.0 Å². The Bertz CT molecular complexity index is 1510. The molecule has 0 aromatic rings. The second kappa shape index (κ2) is 57.4. The molecule has 1 amide bonds. The molecular weight excluding hydrogens is 960 g/mol. The van der Waals surface area contributed by atoms with Crippen molar-refractivity contribution in [2.24, 2.45) is 0 Å². The highest BCUT2D eigenvalue weighted by Crippen LogP contribution is 2.38. The number of aliphatic hydroxyl groups excluding tert-OH is 1. The summed E-state index contributed by atoms with van der Waals surface area (Å²) in [6.45, 7) is 4.63. The van der Waals surface area contributed by atoms with Crippen LogP contribution in [0.25, 0.3) is 0 Å². The molecule has 0 aliphatic heterocycles. The molecule has 0 aromatic heterocycles. The van der Waals surface area contributed by atoms with Gasteiger partial charge in [0.05, 0.1) is 39.9 Å². The summed E-state index contributed by atoms with van der Waals surface area (Å²) in [4.78, 5) is 25.6. The van der Waals surface area contributed by atoms with Gasteiger partial charge in [-0.25, -0.2) is 0 Å². The van der Waals surface area contributed by atoms with Crippen LogP contribution in [0.1, 0.15) is 284 Å². The van der Waals surface area contributed by atoms with Crippen LogP contribution in [0.15, 0.2) is 85.1 Å². The summed E-state index contributed by atoms with van der Waals surface area (Å²) in [7, 11) is 1.30. The molecule has 76 heavy (non-hydrogen) atoms. The van der Waals surface area contributed by atoms with Gasteiger partial charge in [0.15, 0.2) is 0 Å². The molecule has 0 spiro atoms. The minimum Gasteiger partial charge on any atom is -0.756 e. The van der Waals surface area contributed by atoms with E-state index in [-0.39, 0.29) is 19.1 Å². The van der Waals surface area contributed by atoms with Crippen molar-refractivity contribution in [1.82, 2.24) is 5.32 Å². The van der Waals surface area contributed by atoms with Crippen LogP contribution in [0, 0.1) is 0 Å². The highest BCUT2D eigenvalue weighted by Gasteiger charge is 2.24. The van der Waals surface area contributed by atoms with Crippen molar-refractivity contribution in [2.75, 3.05) is 40.9 Å². The average Bonchev–Trinajstić information content (AvgIpc) is 3.38. The maximum Gasteiger partial charge on any atom is 0.268 e. The first-order valence-electron chi connectivity index (χ1n) is 31.9. The minimum atomic E-state index is -4.58. The number of nitrogens with one attached hydrogen (secondary N) is 1. The molecule has 3 unspecified atom stereocenters. The highest BCUT2D eigenvalue weighted by atomic mass is 31.2. The van der Waals surface area contributed by atoms with E-state index >= 15 is 0 Å². The SMILES string of the molecule is CC/C=C\C/C=C\C/C=C\C/C=C\C/C=C\C/C=C\C/C=C\CCCCCCCCCCCCCCCC(=O)NC(COP(=O)([O-])OCC[N+](C)(C)C)C(O)CCCCCCCCCCCCCCCCCCCCC. The monoisotopic (exact) mass is 1080 g/mol. The minimum absolute atomic E-state index is 0.00993. The summed E-state index contributed by atoms with van der Waals surface area (Å²) >= 11 is 0. The van der Waals surface area contributed by atoms with Crippen molar-refractivity contribution in [3.05, 3.63) is 85.1 Å². The predicted octanol–water partition coefficient (Wildman–Crippen LogP) is 19.4. The van der Waals surface area contributed by atoms with Crippen molar-refractivity contribution in [3.8, 4) is 0 Å². The van der Waals surface area contributed by atoms with Crippen molar-refractivity contribution in [3.63, 3.8) is 0 Å². The van der Waals surface area contributed by atoms with E-state index in [1.807, 2.05) is 21.1 Å². The molecule has 0 bridgehead atoms. The molecule has 0 saturated carbocycles. The molecule has 0 aromatic carbocycles. The number of nitrogens with zero attached hydrogens (tertiary/aromatic N) is 1. The Hall–Kier alpha value is -2.32. The third kappa shape index (κ3) is 59.3. The van der Waals surface area contributed by atoms with Gasteiger partial charge in [0.1, 0.15) is 13.2 Å². The second-order valence-electron chi connectivity index (χ2n) is 22.7. The van der Waals surface area contributed by atoms with Gasteiger partial charge in [-0.1, -0.05) is 292 Å². The normalized spacial score (nSPS) is 14.4. The second-order valence-corrected chi connectivity index (χ2v) is 24.2. The summed E-state index contributed by atoms with van der Waals surface area (Å²) in [5.41, 5.74) is 0. The molecule has 0 heterocycles. The fraction of sp³-hybridized carbons (Fsp3) is 0.776. The van der Waals surface area contributed by atoms with Gasteiger partial charge in [0.25, 0.3) is 7.82 Å². The van der Waals surface area contributed by atoms with Gasteiger partial charge in [0.2, 0.25) is 5.91 Å². The van der Waals surface area contributed by atoms with Crippen LogP contribution >= 0.6 is 7.82 Å². The largest absolute Gasteiger partial charge is 0.756 e. The van der Waals surface area contributed by atoms with Gasteiger partial charge < -0.3 is 28.8 Å². The molecule has 0 aliphatic rings. The number of amides is 1. The maximum absolute atomic E-state index is 13.0. The lowest BCUT2D eigenvalue weighted by Gasteiger charge is -2.30. The molecule has 3 atom stereocenters. The lowest BCUT2D eigenvalue weighted by molar-refractivity contribution is -0.870. The number of hydrogen-bond donors (Lipinski definition) is 2. The topological polar surface area (TPSA) is 108 Å². The van der Waals surface area contributed by atoms with Crippen LogP contribution in [-0.2, 0) is 18.4 Å². The number of quaternary nitrogens is 1. The third-order valence-electron chi connectivity index (χ3n) is 14.1. The fourth-order valence-corrected chi connectivity index (χ4v) is 9.92. The van der Waals surface area contributed by atoms with E-state index in [0.717, 1.165) is 83.5 Å². The summed E-state index contributed by atoms with van der Waals surface area (Å²) < 4.78 is 23.5. The van der Waals surface area contributed by atoms with E-state index in [1.54, 1.807) is 0 Å². The Labute approximate surface area is 471 Å². The zero-order chi connectivity index (χ0) is 55.6. The Morgan fingerprint density at radius 1 is 0.474 bits per heavy atom. The molecule has 9 heteroatoms. The molecule has 0 saturated heterocycles. The first kappa shape index (κ1) is 73.7. The number of likely N-dealkylation sites (N-methyl/N-ethyl adjacent to an activating group) is 1. The van der Waals surface area contributed by atoms with E-state index in [2.05, 4.69) is 104 Å². The van der Waals surface area contributed by atoms with Crippen LogP contribution in [0.2, 0.25) is 0 Å². The zero-order valence-corrected chi connectivity index (χ0v) is 51.3. The van der Waals surface area contributed by atoms with Gasteiger partial charge >= 0.3 is 0 Å². The molecule has 0 aliphatic carbocycles. The highest BCUT2D eigenvalue weighted by molar-refractivity contribution is 7.45. The predicted molar refractivity (Wildman–Crippen MR) is 330 cm³/mol. The number of phosphoric acid groups is 1. The number of carbonyl (C=O) groups is 1. The number of hydrogen-bond acceptors (Lipinski definition) is 6. The molecular formula is C67H123N2O6P. The summed E-state index contributed by atoms with van der Waals surface area (Å²) in [6, 6.07) is -0.806. The Morgan fingerprint density at radius 2 is 0.803 bits per heavy atom. The summed E-state index contributed by atoms with van der Waals surface area (Å²) in [5.74, 6) is -0.166. The van der Waals surface area contributed by atoms with E-state index in [1.165, 1.54) is 173 Å². The van der Waals surface area contributed by atoms with Gasteiger partial charge in [0, 0.05) is 6.42 Å². The van der Waals surface area contributed by atoms with Crippen molar-refractivity contribution in [1.29, 1.82) is 0 Å². The van der Waals surface area contributed by atoms with E-state index in [0.29, 0.717) is 23.9 Å². The molecule has 0 radical (unpaired) electrons. The van der Waals surface area contributed by atoms with Crippen LogP contribution in [0.4, 0.5) is 0 Å². The van der Waals surface area contributed by atoms with Crippen LogP contribution in [0.5, 0.6) is 0 Å². The molecule has 442 valence electrons. The Balaban J connectivity index is 4.07. The fourth-order valence-electron chi connectivity index (χ4n) is 9.20. The lowest BCUT2D eigenvalue weighted by atomic mass is 10.0. The van der Waals surface area contributed by atoms with Gasteiger partial charge in [-0.05, 0) is 70.6 Å². The van der Waals surface area contributed by atoms with Gasteiger partial charge in [-0.3, -0.25) is 9.36 Å². The van der Waals surface area contributed by atoms with Gasteiger partial charge in [-0.15, -0.1) is 0 Å². The number of unbranched alkanes of at least 4 members (excludes halogenated alkanes) is 31. The average molecular weight is 1080 g/mol. The van der Waals surface area contributed by atoms with E-state index in [9.17, 15) is 19.4 Å². The lowest BCUT2D eigenvalue weighted by Crippen LogP contribution is -2.46. The first-order valence-corrected chi connectivity index (χ1v) is 33.4. The number of rotatable bonds is 58. The molecule has 8 nitrogen and oxygen atoms in total. The zero-order valence-electron chi connectivity index (χ0n) is 50.4. The van der Waals surface area contributed by atoms with Crippen LogP contribution < -0.4 is 10.2 Å². The third-order valence-corrected chi connectivity index (χ3v) is 15.1. The first-order chi connectivity index (χ1) is 37.0. The number of phosphoric ester groups is 1. The quantitative estimate of drug-likeness (QED) is 0.0272. The van der Waals surface area contributed by atoms with Crippen LogP contribution in [-0.4, -0.2) is 68.5 Å². The maximum atomic E-state index is 13.0. The van der Waals surface area contributed by atoms with E-state index in [4.69, 9.17) is 9.05 Å². The number of allylic oxidation sites excluding steroid dienone is 14. The van der Waals surface area contributed by atoms with Gasteiger partial charge in [-0.2, -0.15) is 0 Å².